The number of ether oxygens (including phenoxy) is 1. The molecule has 4 nitrogen and oxygen atoms in total. The fourth-order valence-electron chi connectivity index (χ4n) is 2.21. The van der Waals surface area contributed by atoms with Gasteiger partial charge >= 0.3 is 5.97 Å². The Kier molecular flexibility index (Phi) is 4.35. The van der Waals surface area contributed by atoms with Crippen molar-refractivity contribution in [3.05, 3.63) is 83.7 Å². The number of nitriles is 1. The molecule has 0 aliphatic carbocycles. The predicted molar refractivity (Wildman–Crippen MR) is 90.5 cm³/mol. The Hall–Kier alpha value is -3.45. The standard InChI is InChI=1S/C20H14N2O2/c1-14-2-5-18(13-22-14)20(23)24-19-10-8-17(9-11-19)16-6-3-15(12-21)4-7-16/h2-11,13H,1H3. The molecule has 0 atom stereocenters. The van der Waals surface area contributed by atoms with E-state index in [1.807, 2.05) is 31.2 Å². The van der Waals surface area contributed by atoms with Gasteiger partial charge in [0.1, 0.15) is 5.75 Å². The third kappa shape index (κ3) is 3.47. The Bertz CT molecular complexity index is 890. The number of hydrogen-bond acceptors (Lipinski definition) is 4. The van der Waals surface area contributed by atoms with E-state index in [0.717, 1.165) is 16.8 Å². The minimum Gasteiger partial charge on any atom is -0.423 e. The molecule has 0 unspecified atom stereocenters. The van der Waals surface area contributed by atoms with E-state index in [2.05, 4.69) is 11.1 Å². The molecule has 0 aliphatic heterocycles. The monoisotopic (exact) mass is 314 g/mol. The van der Waals surface area contributed by atoms with Gasteiger partial charge in [-0.2, -0.15) is 5.26 Å². The van der Waals surface area contributed by atoms with E-state index >= 15 is 0 Å². The molecule has 24 heavy (non-hydrogen) atoms. The number of esters is 1. The molecule has 1 heterocycles. The van der Waals surface area contributed by atoms with Gasteiger partial charge in [-0.3, -0.25) is 4.98 Å². The van der Waals surface area contributed by atoms with Crippen molar-refractivity contribution < 1.29 is 9.53 Å². The summed E-state index contributed by atoms with van der Waals surface area (Å²) in [5.74, 6) is 0.0339. The van der Waals surface area contributed by atoms with Gasteiger partial charge < -0.3 is 4.74 Å². The van der Waals surface area contributed by atoms with E-state index in [9.17, 15) is 4.79 Å². The van der Waals surface area contributed by atoms with Crippen LogP contribution in [0.25, 0.3) is 11.1 Å². The highest BCUT2D eigenvalue weighted by Crippen LogP contribution is 2.23. The molecule has 1 aromatic heterocycles. The zero-order chi connectivity index (χ0) is 16.9. The van der Waals surface area contributed by atoms with E-state index in [-0.39, 0.29) is 0 Å². The molecule has 116 valence electrons. The number of rotatable bonds is 3. The maximum atomic E-state index is 12.1. The average molecular weight is 314 g/mol. The van der Waals surface area contributed by atoms with Crippen molar-refractivity contribution in [2.24, 2.45) is 0 Å². The Morgan fingerprint density at radius 2 is 1.58 bits per heavy atom. The quantitative estimate of drug-likeness (QED) is 0.538. The molecular weight excluding hydrogens is 300 g/mol. The van der Waals surface area contributed by atoms with E-state index in [4.69, 9.17) is 10.00 Å². The number of aryl methyl sites for hydroxylation is 1. The summed E-state index contributed by atoms with van der Waals surface area (Å²) in [7, 11) is 0. The van der Waals surface area contributed by atoms with Crippen molar-refractivity contribution in [2.45, 2.75) is 6.92 Å². The van der Waals surface area contributed by atoms with E-state index < -0.39 is 5.97 Å². The fourth-order valence-corrected chi connectivity index (χ4v) is 2.21. The third-order valence-electron chi connectivity index (χ3n) is 3.56. The lowest BCUT2D eigenvalue weighted by molar-refractivity contribution is 0.0734. The highest BCUT2D eigenvalue weighted by atomic mass is 16.5. The smallest absolute Gasteiger partial charge is 0.345 e. The number of aromatic nitrogens is 1. The maximum Gasteiger partial charge on any atom is 0.345 e. The molecule has 0 bridgehead atoms. The highest BCUT2D eigenvalue weighted by Gasteiger charge is 2.09. The number of pyridine rings is 1. The van der Waals surface area contributed by atoms with Crippen LogP contribution in [0.5, 0.6) is 5.75 Å². The molecule has 3 rings (SSSR count). The molecule has 0 N–H and O–H groups in total. The number of benzene rings is 2. The highest BCUT2D eigenvalue weighted by molar-refractivity contribution is 5.90. The molecule has 0 radical (unpaired) electrons. The van der Waals surface area contributed by atoms with Crippen LogP contribution in [-0.4, -0.2) is 11.0 Å². The Morgan fingerprint density at radius 1 is 0.958 bits per heavy atom. The summed E-state index contributed by atoms with van der Waals surface area (Å²) in [6.45, 7) is 1.86. The second-order valence-electron chi connectivity index (χ2n) is 5.29. The lowest BCUT2D eigenvalue weighted by atomic mass is 10.0. The van der Waals surface area contributed by atoms with Gasteiger partial charge in [-0.1, -0.05) is 24.3 Å². The number of carbonyl (C=O) groups is 1. The topological polar surface area (TPSA) is 63.0 Å². The molecule has 2 aromatic carbocycles. The van der Waals surface area contributed by atoms with E-state index in [0.29, 0.717) is 16.9 Å². The van der Waals surface area contributed by atoms with Gasteiger partial charge in [0.15, 0.2) is 0 Å². The Labute approximate surface area is 140 Å². The summed E-state index contributed by atoms with van der Waals surface area (Å²) in [5.41, 5.74) is 3.86. The molecular formula is C20H14N2O2. The first-order valence-electron chi connectivity index (χ1n) is 7.41. The van der Waals surface area contributed by atoms with E-state index in [1.54, 1.807) is 36.4 Å². The van der Waals surface area contributed by atoms with Crippen molar-refractivity contribution >= 4 is 5.97 Å². The van der Waals surface area contributed by atoms with Gasteiger partial charge in [0.05, 0.1) is 17.2 Å². The zero-order valence-electron chi connectivity index (χ0n) is 13.1. The first-order chi connectivity index (χ1) is 11.7. The molecule has 3 aromatic rings. The minimum atomic E-state index is -0.436. The van der Waals surface area contributed by atoms with Crippen molar-refractivity contribution in [1.29, 1.82) is 5.26 Å². The summed E-state index contributed by atoms with van der Waals surface area (Å²) < 4.78 is 5.35. The average Bonchev–Trinajstić information content (AvgIpc) is 2.63. The van der Waals surface area contributed by atoms with Gasteiger partial charge in [0.2, 0.25) is 0 Å². The second-order valence-corrected chi connectivity index (χ2v) is 5.29. The molecule has 0 amide bonds. The van der Waals surface area contributed by atoms with Crippen molar-refractivity contribution in [1.82, 2.24) is 4.98 Å². The first-order valence-corrected chi connectivity index (χ1v) is 7.41. The molecule has 0 fully saturated rings. The van der Waals surface area contributed by atoms with Gasteiger partial charge in [0, 0.05) is 11.9 Å². The number of carbonyl (C=O) groups excluding carboxylic acids is 1. The van der Waals surface area contributed by atoms with Crippen LogP contribution in [0.3, 0.4) is 0 Å². The summed E-state index contributed by atoms with van der Waals surface area (Å²) in [6, 6.07) is 20.1. The summed E-state index contributed by atoms with van der Waals surface area (Å²) >= 11 is 0. The van der Waals surface area contributed by atoms with Crippen LogP contribution in [0.15, 0.2) is 66.9 Å². The summed E-state index contributed by atoms with van der Waals surface area (Å²) in [6.07, 6.45) is 1.50. The fraction of sp³-hybridized carbons (Fsp3) is 0.0500. The SMILES string of the molecule is Cc1ccc(C(=O)Oc2ccc(-c3ccc(C#N)cc3)cc2)cn1. The van der Waals surface area contributed by atoms with Crippen LogP contribution in [0.4, 0.5) is 0 Å². The zero-order valence-corrected chi connectivity index (χ0v) is 13.1. The van der Waals surface area contributed by atoms with Crippen LogP contribution in [0.2, 0.25) is 0 Å². The van der Waals surface area contributed by atoms with Crippen LogP contribution >= 0.6 is 0 Å². The Morgan fingerprint density at radius 3 is 2.12 bits per heavy atom. The molecule has 0 saturated carbocycles. The van der Waals surface area contributed by atoms with Gasteiger partial charge in [0.25, 0.3) is 0 Å². The lowest BCUT2D eigenvalue weighted by Gasteiger charge is -2.06. The van der Waals surface area contributed by atoms with Crippen LogP contribution < -0.4 is 4.74 Å². The van der Waals surface area contributed by atoms with Crippen LogP contribution in [0.1, 0.15) is 21.6 Å². The minimum absolute atomic E-state index is 0.414. The molecule has 4 heteroatoms. The predicted octanol–water partition coefficient (Wildman–Crippen LogP) is 4.15. The van der Waals surface area contributed by atoms with Crippen molar-refractivity contribution in [3.63, 3.8) is 0 Å². The molecule has 0 saturated heterocycles. The molecule has 0 aliphatic rings. The van der Waals surface area contributed by atoms with Crippen molar-refractivity contribution in [3.8, 4) is 22.9 Å². The van der Waals surface area contributed by atoms with Gasteiger partial charge in [-0.15, -0.1) is 0 Å². The van der Waals surface area contributed by atoms with Crippen LogP contribution in [-0.2, 0) is 0 Å². The van der Waals surface area contributed by atoms with Gasteiger partial charge in [-0.05, 0) is 54.4 Å². The summed E-state index contributed by atoms with van der Waals surface area (Å²) in [5, 5.41) is 8.83. The maximum absolute atomic E-state index is 12.1. The number of nitrogens with zero attached hydrogens (tertiary/aromatic N) is 2. The van der Waals surface area contributed by atoms with Crippen molar-refractivity contribution in [2.75, 3.05) is 0 Å². The number of hydrogen-bond donors (Lipinski definition) is 0. The van der Waals surface area contributed by atoms with Gasteiger partial charge in [-0.25, -0.2) is 4.79 Å². The third-order valence-corrected chi connectivity index (χ3v) is 3.56. The lowest BCUT2D eigenvalue weighted by Crippen LogP contribution is -2.08. The second kappa shape index (κ2) is 6.76. The Balaban J connectivity index is 1.73. The first kappa shape index (κ1) is 15.4. The molecule has 0 spiro atoms. The normalized spacial score (nSPS) is 10.0. The summed E-state index contributed by atoms with van der Waals surface area (Å²) in [4.78, 5) is 16.1. The van der Waals surface area contributed by atoms with E-state index in [1.165, 1.54) is 6.20 Å². The largest absolute Gasteiger partial charge is 0.423 e. The van der Waals surface area contributed by atoms with Crippen LogP contribution in [0, 0.1) is 18.3 Å².